The number of aromatic nitrogens is 1. The van der Waals surface area contributed by atoms with Gasteiger partial charge >= 0.3 is 5.97 Å². The highest BCUT2D eigenvalue weighted by Gasteiger charge is 2.06. The Labute approximate surface area is 150 Å². The highest BCUT2D eigenvalue weighted by Crippen LogP contribution is 2.12. The molecular weight excluding hydrogens is 341 g/mol. The first-order valence-corrected chi connectivity index (χ1v) is 8.29. The van der Waals surface area contributed by atoms with E-state index in [9.17, 15) is 19.3 Å². The molecule has 8 heteroatoms. The number of nitrogens with zero attached hydrogens (tertiary/aromatic N) is 2. The lowest BCUT2D eigenvalue weighted by Gasteiger charge is -2.06. The molecule has 0 saturated heterocycles. The van der Waals surface area contributed by atoms with Crippen LogP contribution in [0, 0.1) is 15.9 Å². The van der Waals surface area contributed by atoms with Crippen molar-refractivity contribution in [2.45, 2.75) is 25.7 Å². The first kappa shape index (κ1) is 19.3. The average Bonchev–Trinajstić information content (AvgIpc) is 2.63. The third kappa shape index (κ3) is 6.84. The lowest BCUT2D eigenvalue weighted by Crippen LogP contribution is -2.09. The Morgan fingerprint density at radius 1 is 1.15 bits per heavy atom. The van der Waals surface area contributed by atoms with Crippen LogP contribution in [0.5, 0.6) is 0 Å². The number of unbranched alkanes of at least 4 members (excludes halogenated alkanes) is 2. The quantitative estimate of drug-likeness (QED) is 0.301. The van der Waals surface area contributed by atoms with Gasteiger partial charge in [-0.05, 0) is 43.0 Å². The molecule has 0 spiro atoms. The minimum absolute atomic E-state index is 0.0435. The van der Waals surface area contributed by atoms with Crippen molar-refractivity contribution in [3.05, 3.63) is 64.1 Å². The number of ether oxygens (including phenoxy) is 1. The van der Waals surface area contributed by atoms with E-state index < -0.39 is 4.92 Å². The number of nitrogens with one attached hydrogen (secondary N) is 1. The molecular formula is C18H20FN3O4. The van der Waals surface area contributed by atoms with Crippen LogP contribution in [-0.2, 0) is 16.0 Å². The number of rotatable bonds is 10. The van der Waals surface area contributed by atoms with Gasteiger partial charge in [0.15, 0.2) is 0 Å². The highest BCUT2D eigenvalue weighted by atomic mass is 19.1. The molecule has 0 aliphatic carbocycles. The molecule has 0 aliphatic rings. The van der Waals surface area contributed by atoms with Crippen molar-refractivity contribution in [3.63, 3.8) is 0 Å². The average molecular weight is 361 g/mol. The second-order valence-electron chi connectivity index (χ2n) is 5.67. The fourth-order valence-corrected chi connectivity index (χ4v) is 2.22. The van der Waals surface area contributed by atoms with Gasteiger partial charge in [-0.3, -0.25) is 14.9 Å². The number of pyridine rings is 1. The predicted octanol–water partition coefficient (Wildman–Crippen LogP) is 3.50. The summed E-state index contributed by atoms with van der Waals surface area (Å²) in [5, 5.41) is 13.6. The van der Waals surface area contributed by atoms with Gasteiger partial charge in [0, 0.05) is 12.6 Å². The van der Waals surface area contributed by atoms with Crippen LogP contribution in [0.25, 0.3) is 0 Å². The molecule has 0 unspecified atom stereocenters. The van der Waals surface area contributed by atoms with Crippen molar-refractivity contribution in [2.75, 3.05) is 18.5 Å². The normalized spacial score (nSPS) is 10.3. The van der Waals surface area contributed by atoms with Crippen LogP contribution in [0.2, 0.25) is 0 Å². The van der Waals surface area contributed by atoms with E-state index in [1.54, 1.807) is 18.2 Å². The summed E-state index contributed by atoms with van der Waals surface area (Å²) >= 11 is 0. The number of hydrogen-bond donors (Lipinski definition) is 1. The van der Waals surface area contributed by atoms with Crippen LogP contribution in [0.3, 0.4) is 0 Å². The van der Waals surface area contributed by atoms with E-state index in [1.165, 1.54) is 24.4 Å². The topological polar surface area (TPSA) is 94.4 Å². The van der Waals surface area contributed by atoms with Crippen molar-refractivity contribution in [2.24, 2.45) is 0 Å². The third-order valence-corrected chi connectivity index (χ3v) is 3.61. The number of hydrogen-bond acceptors (Lipinski definition) is 6. The summed E-state index contributed by atoms with van der Waals surface area (Å²) in [6, 6.07) is 8.72. The Balaban J connectivity index is 1.53. The zero-order valence-electron chi connectivity index (χ0n) is 14.2. The number of carbonyl (C=O) groups excluding carboxylic acids is 1. The minimum atomic E-state index is -0.492. The van der Waals surface area contributed by atoms with E-state index in [1.807, 2.05) is 0 Å². The van der Waals surface area contributed by atoms with Crippen molar-refractivity contribution in [1.82, 2.24) is 4.98 Å². The molecule has 1 aromatic heterocycles. The molecule has 1 aromatic carbocycles. The van der Waals surface area contributed by atoms with Gasteiger partial charge in [0.25, 0.3) is 5.69 Å². The molecule has 0 fully saturated rings. The monoisotopic (exact) mass is 361 g/mol. The Kier molecular flexibility index (Phi) is 7.48. The van der Waals surface area contributed by atoms with Crippen molar-refractivity contribution >= 4 is 17.5 Å². The fourth-order valence-electron chi connectivity index (χ4n) is 2.22. The maximum Gasteiger partial charge on any atom is 0.310 e. The molecule has 7 nitrogen and oxygen atoms in total. The first-order valence-electron chi connectivity index (χ1n) is 8.29. The van der Waals surface area contributed by atoms with Gasteiger partial charge in [-0.2, -0.15) is 0 Å². The Hall–Kier alpha value is -3.03. The third-order valence-electron chi connectivity index (χ3n) is 3.61. The molecule has 138 valence electrons. The predicted molar refractivity (Wildman–Crippen MR) is 94.3 cm³/mol. The van der Waals surface area contributed by atoms with Gasteiger partial charge in [0.05, 0.1) is 18.0 Å². The van der Waals surface area contributed by atoms with Gasteiger partial charge in [-0.15, -0.1) is 0 Å². The van der Waals surface area contributed by atoms with Gasteiger partial charge < -0.3 is 10.1 Å². The van der Waals surface area contributed by atoms with E-state index in [4.69, 9.17) is 4.74 Å². The molecule has 0 radical (unpaired) electrons. The molecule has 0 saturated carbocycles. The largest absolute Gasteiger partial charge is 0.465 e. The summed E-state index contributed by atoms with van der Waals surface area (Å²) in [5.74, 6) is -0.0780. The summed E-state index contributed by atoms with van der Waals surface area (Å²) in [6.07, 6.45) is 3.80. The maximum atomic E-state index is 12.8. The number of nitro groups is 1. The first-order chi connectivity index (χ1) is 12.5. The number of anilines is 1. The Morgan fingerprint density at radius 2 is 1.92 bits per heavy atom. The maximum absolute atomic E-state index is 12.8. The smallest absolute Gasteiger partial charge is 0.310 e. The number of carbonyl (C=O) groups is 1. The molecule has 0 bridgehead atoms. The second kappa shape index (κ2) is 10.1. The SMILES string of the molecule is O=C(Cc1ccc(F)cc1)OCCCCCNc1ccc([N+](=O)[O-])cn1. The standard InChI is InChI=1S/C18H20FN3O4/c19-15-6-4-14(5-7-15)12-18(23)26-11-3-1-2-10-20-17-9-8-16(13-21-17)22(24)25/h4-9,13H,1-3,10-12H2,(H,20,21). The summed E-state index contributed by atoms with van der Waals surface area (Å²) in [5.41, 5.74) is 0.675. The van der Waals surface area contributed by atoms with E-state index in [0.717, 1.165) is 24.8 Å². The summed E-state index contributed by atoms with van der Waals surface area (Å²) in [7, 11) is 0. The number of esters is 1. The number of halogens is 1. The van der Waals surface area contributed by atoms with Gasteiger partial charge in [0.1, 0.15) is 17.8 Å². The summed E-state index contributed by atoms with van der Waals surface area (Å²) < 4.78 is 17.9. The van der Waals surface area contributed by atoms with E-state index in [2.05, 4.69) is 10.3 Å². The molecule has 0 aliphatic heterocycles. The summed E-state index contributed by atoms with van der Waals surface area (Å²) in [6.45, 7) is 1.02. The van der Waals surface area contributed by atoms with E-state index >= 15 is 0 Å². The zero-order chi connectivity index (χ0) is 18.8. The van der Waals surface area contributed by atoms with Crippen LogP contribution >= 0.6 is 0 Å². The van der Waals surface area contributed by atoms with Crippen molar-refractivity contribution in [3.8, 4) is 0 Å². The molecule has 26 heavy (non-hydrogen) atoms. The fraction of sp³-hybridized carbons (Fsp3) is 0.333. The van der Waals surface area contributed by atoms with Crippen LogP contribution in [-0.4, -0.2) is 29.0 Å². The zero-order valence-corrected chi connectivity index (χ0v) is 14.2. The molecule has 2 aromatic rings. The van der Waals surface area contributed by atoms with Gasteiger partial charge in [0.2, 0.25) is 0 Å². The number of benzene rings is 1. The molecule has 1 heterocycles. The van der Waals surface area contributed by atoms with Crippen LogP contribution < -0.4 is 5.32 Å². The Morgan fingerprint density at radius 3 is 2.58 bits per heavy atom. The highest BCUT2D eigenvalue weighted by molar-refractivity contribution is 5.72. The van der Waals surface area contributed by atoms with Crippen molar-refractivity contribution < 1.29 is 18.8 Å². The second-order valence-corrected chi connectivity index (χ2v) is 5.67. The molecule has 0 atom stereocenters. The lowest BCUT2D eigenvalue weighted by molar-refractivity contribution is -0.385. The van der Waals surface area contributed by atoms with E-state index in [0.29, 0.717) is 19.0 Å². The summed E-state index contributed by atoms with van der Waals surface area (Å²) in [4.78, 5) is 25.7. The van der Waals surface area contributed by atoms with E-state index in [-0.39, 0.29) is 23.9 Å². The van der Waals surface area contributed by atoms with Gasteiger partial charge in [-0.25, -0.2) is 9.37 Å². The van der Waals surface area contributed by atoms with Crippen LogP contribution in [0.1, 0.15) is 24.8 Å². The van der Waals surface area contributed by atoms with Gasteiger partial charge in [-0.1, -0.05) is 12.1 Å². The molecule has 2 rings (SSSR count). The molecule has 0 amide bonds. The van der Waals surface area contributed by atoms with Crippen LogP contribution in [0.4, 0.5) is 15.9 Å². The minimum Gasteiger partial charge on any atom is -0.465 e. The molecule has 1 N–H and O–H groups in total. The lowest BCUT2D eigenvalue weighted by atomic mass is 10.1. The Bertz CT molecular complexity index is 720. The van der Waals surface area contributed by atoms with Crippen molar-refractivity contribution in [1.29, 1.82) is 0 Å². The van der Waals surface area contributed by atoms with Crippen LogP contribution in [0.15, 0.2) is 42.6 Å².